The van der Waals surface area contributed by atoms with Crippen molar-refractivity contribution in [1.29, 1.82) is 0 Å². The highest BCUT2D eigenvalue weighted by Crippen LogP contribution is 2.35. The number of pyridine rings is 2. The molecule has 3 rings (SSSR count). The maximum Gasteiger partial charge on any atom is 0.188 e. The topological polar surface area (TPSA) is 110 Å². The number of nitrogens with zero attached hydrogens (tertiary/aromatic N) is 3. The summed E-state index contributed by atoms with van der Waals surface area (Å²) in [5.41, 5.74) is 1.55. The van der Waals surface area contributed by atoms with E-state index in [-0.39, 0.29) is 25.7 Å². The van der Waals surface area contributed by atoms with Crippen LogP contribution in [0.2, 0.25) is 0 Å². The lowest BCUT2D eigenvalue weighted by Gasteiger charge is -2.14. The molecule has 8 nitrogen and oxygen atoms in total. The fraction of sp³-hybridized carbons (Fsp3) is 0.316. The molecule has 1 atom stereocenters. The van der Waals surface area contributed by atoms with Crippen molar-refractivity contribution >= 4 is 22.3 Å². The predicted octanol–water partition coefficient (Wildman–Crippen LogP) is 3.24. The molecule has 0 bridgehead atoms. The van der Waals surface area contributed by atoms with E-state index in [0.717, 1.165) is 11.4 Å². The Morgan fingerprint density at radius 3 is 2.86 bits per heavy atom. The molecule has 0 spiro atoms. The van der Waals surface area contributed by atoms with Gasteiger partial charge in [-0.05, 0) is 19.1 Å². The fourth-order valence-electron chi connectivity index (χ4n) is 2.30. The monoisotopic (exact) mass is 402 g/mol. The lowest BCUT2D eigenvalue weighted by Crippen LogP contribution is -2.04. The van der Waals surface area contributed by atoms with E-state index in [2.05, 4.69) is 20.3 Å². The van der Waals surface area contributed by atoms with Crippen LogP contribution < -0.4 is 14.8 Å². The van der Waals surface area contributed by atoms with Gasteiger partial charge in [0, 0.05) is 23.6 Å². The first kappa shape index (κ1) is 20.0. The molecule has 0 aliphatic heterocycles. The molecule has 1 unspecified atom stereocenters. The zero-order valence-corrected chi connectivity index (χ0v) is 16.4. The Bertz CT molecular complexity index is 918. The van der Waals surface area contributed by atoms with Crippen molar-refractivity contribution in [1.82, 2.24) is 15.0 Å². The standard InChI is InChI=1S/C19H22N4O4S/c1-12(10-25)15-11-28-19(22-15)23-18-17(8-14(9-21-18)26-7-6-24)27-16-4-3-5-20-13(16)2/h3-5,8-9,11-12,24-25H,6-7,10H2,1-2H3,(H,21,22,23). The van der Waals surface area contributed by atoms with Crippen molar-refractivity contribution in [2.24, 2.45) is 0 Å². The quantitative estimate of drug-likeness (QED) is 0.500. The van der Waals surface area contributed by atoms with Crippen molar-refractivity contribution < 1.29 is 19.7 Å². The number of thiazole rings is 1. The van der Waals surface area contributed by atoms with Gasteiger partial charge in [-0.2, -0.15) is 0 Å². The maximum absolute atomic E-state index is 9.30. The van der Waals surface area contributed by atoms with Crippen LogP contribution >= 0.6 is 11.3 Å². The van der Waals surface area contributed by atoms with Crippen LogP contribution in [0.3, 0.4) is 0 Å². The van der Waals surface area contributed by atoms with E-state index >= 15 is 0 Å². The molecule has 9 heteroatoms. The Hall–Kier alpha value is -2.75. The summed E-state index contributed by atoms with van der Waals surface area (Å²) in [5, 5.41) is 24.0. The minimum Gasteiger partial charge on any atom is -0.489 e. The van der Waals surface area contributed by atoms with Crippen LogP contribution in [0.15, 0.2) is 36.0 Å². The zero-order valence-electron chi connectivity index (χ0n) is 15.6. The molecular formula is C19H22N4O4S. The Morgan fingerprint density at radius 2 is 2.11 bits per heavy atom. The zero-order chi connectivity index (χ0) is 19.9. The summed E-state index contributed by atoms with van der Waals surface area (Å²) in [7, 11) is 0. The molecular weight excluding hydrogens is 380 g/mol. The number of aromatic nitrogens is 3. The summed E-state index contributed by atoms with van der Waals surface area (Å²) in [5.74, 6) is 1.95. The molecule has 28 heavy (non-hydrogen) atoms. The average molecular weight is 402 g/mol. The minimum absolute atomic E-state index is 0.0347. The Morgan fingerprint density at radius 1 is 1.25 bits per heavy atom. The molecule has 0 aliphatic rings. The number of anilines is 2. The van der Waals surface area contributed by atoms with Crippen molar-refractivity contribution in [2.75, 3.05) is 25.1 Å². The fourth-order valence-corrected chi connectivity index (χ4v) is 3.13. The lowest BCUT2D eigenvalue weighted by molar-refractivity contribution is 0.200. The van der Waals surface area contributed by atoms with Gasteiger partial charge in [-0.25, -0.2) is 9.97 Å². The number of aliphatic hydroxyl groups is 2. The number of aliphatic hydroxyl groups excluding tert-OH is 2. The second-order valence-corrected chi connectivity index (χ2v) is 6.92. The Labute approximate surface area is 166 Å². The minimum atomic E-state index is -0.0944. The van der Waals surface area contributed by atoms with E-state index in [1.54, 1.807) is 24.5 Å². The molecule has 3 heterocycles. The van der Waals surface area contributed by atoms with E-state index in [4.69, 9.17) is 14.6 Å². The third kappa shape index (κ3) is 4.94. The summed E-state index contributed by atoms with van der Waals surface area (Å²) >= 11 is 1.42. The molecule has 3 aromatic rings. The van der Waals surface area contributed by atoms with Crippen LogP contribution in [-0.2, 0) is 0 Å². The van der Waals surface area contributed by atoms with Gasteiger partial charge in [-0.1, -0.05) is 6.92 Å². The molecule has 148 valence electrons. The van der Waals surface area contributed by atoms with Crippen molar-refractivity contribution in [3.63, 3.8) is 0 Å². The lowest BCUT2D eigenvalue weighted by atomic mass is 10.1. The highest BCUT2D eigenvalue weighted by atomic mass is 32.1. The molecule has 0 radical (unpaired) electrons. The predicted molar refractivity (Wildman–Crippen MR) is 107 cm³/mol. The van der Waals surface area contributed by atoms with E-state index in [1.165, 1.54) is 11.3 Å². The average Bonchev–Trinajstić information content (AvgIpc) is 3.17. The summed E-state index contributed by atoms with van der Waals surface area (Å²) in [4.78, 5) is 13.1. The smallest absolute Gasteiger partial charge is 0.188 e. The van der Waals surface area contributed by atoms with Crippen LogP contribution in [0.4, 0.5) is 10.9 Å². The Kier molecular flexibility index (Phi) is 6.75. The second-order valence-electron chi connectivity index (χ2n) is 6.06. The summed E-state index contributed by atoms with van der Waals surface area (Å²) in [6, 6.07) is 5.30. The van der Waals surface area contributed by atoms with Crippen LogP contribution in [-0.4, -0.2) is 45.0 Å². The highest BCUT2D eigenvalue weighted by molar-refractivity contribution is 7.13. The van der Waals surface area contributed by atoms with Gasteiger partial charge in [0.15, 0.2) is 16.7 Å². The normalized spacial score (nSPS) is 11.9. The third-order valence-corrected chi connectivity index (χ3v) is 4.67. The first-order chi connectivity index (χ1) is 13.6. The van der Waals surface area contributed by atoms with E-state index in [0.29, 0.717) is 28.2 Å². The maximum atomic E-state index is 9.30. The van der Waals surface area contributed by atoms with Crippen molar-refractivity contribution in [3.8, 4) is 17.2 Å². The van der Waals surface area contributed by atoms with Crippen molar-refractivity contribution in [2.45, 2.75) is 19.8 Å². The van der Waals surface area contributed by atoms with E-state index in [1.807, 2.05) is 25.3 Å². The summed E-state index contributed by atoms with van der Waals surface area (Å²) < 4.78 is 11.5. The van der Waals surface area contributed by atoms with Gasteiger partial charge in [0.05, 0.1) is 30.8 Å². The van der Waals surface area contributed by atoms with Gasteiger partial charge < -0.3 is 25.0 Å². The molecule has 0 saturated heterocycles. The molecule has 3 N–H and O–H groups in total. The van der Waals surface area contributed by atoms with Gasteiger partial charge in [0.1, 0.15) is 18.1 Å². The number of aryl methyl sites for hydroxylation is 1. The van der Waals surface area contributed by atoms with E-state index in [9.17, 15) is 5.11 Å². The molecule has 3 aromatic heterocycles. The number of hydrogen-bond donors (Lipinski definition) is 3. The highest BCUT2D eigenvalue weighted by Gasteiger charge is 2.14. The second kappa shape index (κ2) is 9.45. The third-order valence-electron chi connectivity index (χ3n) is 3.89. The SMILES string of the molecule is Cc1ncccc1Oc1cc(OCCO)cnc1Nc1nc(C(C)CO)cs1. The summed E-state index contributed by atoms with van der Waals surface area (Å²) in [6.45, 7) is 3.86. The van der Waals surface area contributed by atoms with Gasteiger partial charge in [0.2, 0.25) is 0 Å². The van der Waals surface area contributed by atoms with Gasteiger partial charge in [-0.15, -0.1) is 11.3 Å². The molecule has 0 amide bonds. The first-order valence-electron chi connectivity index (χ1n) is 8.77. The number of ether oxygens (including phenoxy) is 2. The largest absolute Gasteiger partial charge is 0.489 e. The molecule has 0 aliphatic carbocycles. The van der Waals surface area contributed by atoms with Crippen LogP contribution in [0.1, 0.15) is 24.2 Å². The van der Waals surface area contributed by atoms with Gasteiger partial charge in [-0.3, -0.25) is 4.98 Å². The van der Waals surface area contributed by atoms with Gasteiger partial charge in [0.25, 0.3) is 0 Å². The van der Waals surface area contributed by atoms with E-state index < -0.39 is 0 Å². The first-order valence-corrected chi connectivity index (χ1v) is 9.65. The Balaban J connectivity index is 1.88. The number of rotatable bonds is 9. The van der Waals surface area contributed by atoms with Crippen molar-refractivity contribution in [3.05, 3.63) is 47.4 Å². The molecule has 0 saturated carbocycles. The molecule has 0 fully saturated rings. The molecule has 0 aromatic carbocycles. The number of hydrogen-bond acceptors (Lipinski definition) is 9. The van der Waals surface area contributed by atoms with Crippen LogP contribution in [0.25, 0.3) is 0 Å². The number of nitrogens with one attached hydrogen (secondary N) is 1. The van der Waals surface area contributed by atoms with Crippen LogP contribution in [0.5, 0.6) is 17.2 Å². The summed E-state index contributed by atoms with van der Waals surface area (Å²) in [6.07, 6.45) is 3.24. The van der Waals surface area contributed by atoms with Gasteiger partial charge >= 0.3 is 0 Å². The van der Waals surface area contributed by atoms with Crippen LogP contribution in [0, 0.1) is 6.92 Å².